The number of hydrogen-bond donors (Lipinski definition) is 2. The Balaban J connectivity index is 2.55. The highest BCUT2D eigenvalue weighted by molar-refractivity contribution is 5.68. The molecule has 69 valence electrons. The molecule has 0 atom stereocenters. The fourth-order valence-electron chi connectivity index (χ4n) is 1.14. The lowest BCUT2D eigenvalue weighted by molar-refractivity contribution is 0.453. The predicted octanol–water partition coefficient (Wildman–Crippen LogP) is 1.35. The Morgan fingerprint density at radius 3 is 2.71 bits per heavy atom. The molecule has 2 N–H and O–H groups in total. The number of hydrogen-bond acceptors (Lipinski definition) is 4. The molecule has 0 saturated heterocycles. The third-order valence-corrected chi connectivity index (χ3v) is 1.77. The van der Waals surface area contributed by atoms with E-state index < -0.39 is 0 Å². The minimum atomic E-state index is -0.0980. The molecule has 2 aromatic heterocycles. The van der Waals surface area contributed by atoms with E-state index in [1.165, 1.54) is 24.5 Å². The minimum absolute atomic E-state index is 0.0746. The zero-order valence-electron chi connectivity index (χ0n) is 7.18. The summed E-state index contributed by atoms with van der Waals surface area (Å²) in [6.45, 7) is 0. The topological polar surface area (TPSA) is 66.2 Å². The summed E-state index contributed by atoms with van der Waals surface area (Å²) in [5, 5.41) is 18.6. The van der Waals surface area contributed by atoms with Gasteiger partial charge in [-0.3, -0.25) is 4.98 Å². The molecule has 0 fully saturated rings. The molecule has 4 heteroatoms. The SMILES string of the molecule is Oc1cc(-c2[c]nccc2O)ccn1. The summed E-state index contributed by atoms with van der Waals surface area (Å²) in [5.74, 6) is -0.0234. The van der Waals surface area contributed by atoms with Crippen LogP contribution in [-0.4, -0.2) is 20.2 Å². The summed E-state index contributed by atoms with van der Waals surface area (Å²) < 4.78 is 0. The molecular weight excluding hydrogens is 180 g/mol. The van der Waals surface area contributed by atoms with E-state index in [2.05, 4.69) is 16.2 Å². The minimum Gasteiger partial charge on any atom is -0.507 e. The van der Waals surface area contributed by atoms with Crippen molar-refractivity contribution in [2.75, 3.05) is 0 Å². The Labute approximate surface area is 80.5 Å². The van der Waals surface area contributed by atoms with Crippen molar-refractivity contribution in [3.63, 3.8) is 0 Å². The van der Waals surface area contributed by atoms with Crippen molar-refractivity contribution in [1.29, 1.82) is 0 Å². The average molecular weight is 187 g/mol. The molecule has 0 unspecified atom stereocenters. The van der Waals surface area contributed by atoms with Crippen LogP contribution in [0.1, 0.15) is 0 Å². The Morgan fingerprint density at radius 2 is 2.00 bits per heavy atom. The number of nitrogens with zero attached hydrogens (tertiary/aromatic N) is 2. The van der Waals surface area contributed by atoms with Crippen molar-refractivity contribution in [2.24, 2.45) is 0 Å². The largest absolute Gasteiger partial charge is 0.507 e. The van der Waals surface area contributed by atoms with Crippen LogP contribution in [0, 0.1) is 6.20 Å². The fourth-order valence-corrected chi connectivity index (χ4v) is 1.14. The van der Waals surface area contributed by atoms with Crippen molar-refractivity contribution in [2.45, 2.75) is 0 Å². The van der Waals surface area contributed by atoms with Crippen molar-refractivity contribution >= 4 is 0 Å². The van der Waals surface area contributed by atoms with E-state index in [1.807, 2.05) is 0 Å². The van der Waals surface area contributed by atoms with Gasteiger partial charge < -0.3 is 10.2 Å². The standard InChI is InChI=1S/C10H7N2O2/c13-9-2-3-11-6-8(9)7-1-4-12-10(14)5-7/h1-5H,(H,11,13)(H,12,14). The van der Waals surface area contributed by atoms with Gasteiger partial charge >= 0.3 is 0 Å². The van der Waals surface area contributed by atoms with E-state index in [9.17, 15) is 5.11 Å². The lowest BCUT2D eigenvalue weighted by atomic mass is 10.1. The van der Waals surface area contributed by atoms with Gasteiger partial charge in [0.15, 0.2) is 0 Å². The van der Waals surface area contributed by atoms with Crippen LogP contribution < -0.4 is 0 Å². The van der Waals surface area contributed by atoms with Crippen LogP contribution >= 0.6 is 0 Å². The van der Waals surface area contributed by atoms with Gasteiger partial charge in [0.25, 0.3) is 0 Å². The van der Waals surface area contributed by atoms with Crippen LogP contribution in [-0.2, 0) is 0 Å². The van der Waals surface area contributed by atoms with Crippen LogP contribution in [0.3, 0.4) is 0 Å². The lowest BCUT2D eigenvalue weighted by Crippen LogP contribution is -1.82. The molecule has 1 radical (unpaired) electrons. The van der Waals surface area contributed by atoms with Gasteiger partial charge in [-0.1, -0.05) is 0 Å². The highest BCUT2D eigenvalue weighted by Crippen LogP contribution is 2.28. The summed E-state index contributed by atoms with van der Waals surface area (Å²) in [7, 11) is 0. The molecule has 0 aromatic carbocycles. The summed E-state index contributed by atoms with van der Waals surface area (Å²) >= 11 is 0. The van der Waals surface area contributed by atoms with Crippen LogP contribution in [0.4, 0.5) is 0 Å². The number of aromatic hydroxyl groups is 2. The maximum absolute atomic E-state index is 9.48. The molecule has 0 spiro atoms. The maximum atomic E-state index is 9.48. The molecule has 0 bridgehead atoms. The fraction of sp³-hybridized carbons (Fsp3) is 0. The highest BCUT2D eigenvalue weighted by atomic mass is 16.3. The zero-order valence-corrected chi connectivity index (χ0v) is 7.18. The molecule has 0 amide bonds. The summed E-state index contributed by atoms with van der Waals surface area (Å²) in [6, 6.07) is 4.56. The van der Waals surface area contributed by atoms with Crippen molar-refractivity contribution in [1.82, 2.24) is 9.97 Å². The van der Waals surface area contributed by atoms with E-state index in [0.29, 0.717) is 11.1 Å². The van der Waals surface area contributed by atoms with Gasteiger partial charge in [-0.15, -0.1) is 0 Å². The first-order valence-corrected chi connectivity index (χ1v) is 3.98. The highest BCUT2D eigenvalue weighted by Gasteiger charge is 2.04. The van der Waals surface area contributed by atoms with Crippen LogP contribution in [0.2, 0.25) is 0 Å². The van der Waals surface area contributed by atoms with Gasteiger partial charge in [-0.2, -0.15) is 0 Å². The van der Waals surface area contributed by atoms with Gasteiger partial charge in [0.1, 0.15) is 11.9 Å². The molecule has 0 aliphatic heterocycles. The Kier molecular flexibility index (Phi) is 2.02. The van der Waals surface area contributed by atoms with E-state index >= 15 is 0 Å². The van der Waals surface area contributed by atoms with Gasteiger partial charge in [0.2, 0.25) is 5.88 Å². The Bertz CT molecular complexity index is 457. The van der Waals surface area contributed by atoms with E-state index in [-0.39, 0.29) is 11.6 Å². The predicted molar refractivity (Wildman–Crippen MR) is 49.6 cm³/mol. The van der Waals surface area contributed by atoms with Crippen LogP contribution in [0.15, 0.2) is 30.6 Å². The maximum Gasteiger partial charge on any atom is 0.211 e. The normalized spacial score (nSPS) is 10.0. The van der Waals surface area contributed by atoms with Crippen LogP contribution in [0.5, 0.6) is 11.6 Å². The molecule has 0 saturated carbocycles. The summed E-state index contributed by atoms with van der Waals surface area (Å²) in [5.41, 5.74) is 1.08. The van der Waals surface area contributed by atoms with Crippen LogP contribution in [0.25, 0.3) is 11.1 Å². The molecule has 0 aliphatic carbocycles. The van der Waals surface area contributed by atoms with E-state index in [0.717, 1.165) is 0 Å². The van der Waals surface area contributed by atoms with Crippen molar-refractivity contribution in [3.05, 3.63) is 36.8 Å². The third kappa shape index (κ3) is 1.50. The Morgan fingerprint density at radius 1 is 1.14 bits per heavy atom. The van der Waals surface area contributed by atoms with Crippen molar-refractivity contribution in [3.8, 4) is 22.8 Å². The first kappa shape index (κ1) is 8.50. The van der Waals surface area contributed by atoms with E-state index in [1.54, 1.807) is 6.07 Å². The molecule has 4 nitrogen and oxygen atoms in total. The number of rotatable bonds is 1. The van der Waals surface area contributed by atoms with Gasteiger partial charge in [0, 0.05) is 18.5 Å². The quantitative estimate of drug-likeness (QED) is 0.707. The molecule has 0 aliphatic rings. The molecule has 2 rings (SSSR count). The first-order chi connectivity index (χ1) is 6.77. The van der Waals surface area contributed by atoms with Crippen molar-refractivity contribution < 1.29 is 10.2 Å². The smallest absolute Gasteiger partial charge is 0.211 e. The second kappa shape index (κ2) is 3.33. The molecule has 2 aromatic rings. The second-order valence-corrected chi connectivity index (χ2v) is 2.72. The summed E-state index contributed by atoms with van der Waals surface area (Å²) in [6.07, 6.45) is 5.53. The zero-order chi connectivity index (χ0) is 9.97. The number of pyridine rings is 2. The Hall–Kier alpha value is -2.10. The first-order valence-electron chi connectivity index (χ1n) is 3.98. The van der Waals surface area contributed by atoms with Gasteiger partial charge in [0.05, 0.1) is 5.56 Å². The van der Waals surface area contributed by atoms with Gasteiger partial charge in [-0.25, -0.2) is 4.98 Å². The number of aromatic nitrogens is 2. The lowest BCUT2D eigenvalue weighted by Gasteiger charge is -2.02. The average Bonchev–Trinajstić information content (AvgIpc) is 2.18. The van der Waals surface area contributed by atoms with Gasteiger partial charge in [-0.05, 0) is 17.7 Å². The monoisotopic (exact) mass is 187 g/mol. The molecule has 14 heavy (non-hydrogen) atoms. The summed E-state index contributed by atoms with van der Waals surface area (Å²) in [4.78, 5) is 7.40. The second-order valence-electron chi connectivity index (χ2n) is 2.72. The van der Waals surface area contributed by atoms with E-state index in [4.69, 9.17) is 5.11 Å². The third-order valence-electron chi connectivity index (χ3n) is 1.77. The molecular formula is C10H7N2O2. The molecule has 2 heterocycles.